The standard InChI is InChI=1S/C33H36N4O5S/c1-4-17-40-33(39)34-18-27-7-5-6-8-28(27)24-13-15-26(16-14-24)31-41-29(20-43-32-36-35-21-37(32)3)22(2)30(42-31)25-11-9-23(19-38)10-12-25/h4-16,21-22,29-31,38H,1,17-20H2,2-3H3,(H,34,39)/t22-,29+,30+,31+/m0/s1. The molecule has 1 aliphatic heterocycles. The van der Waals surface area contributed by atoms with Gasteiger partial charge in [-0.1, -0.05) is 104 Å². The van der Waals surface area contributed by atoms with Crippen molar-refractivity contribution in [3.63, 3.8) is 0 Å². The first-order valence-electron chi connectivity index (χ1n) is 14.1. The fourth-order valence-corrected chi connectivity index (χ4v) is 6.05. The zero-order valence-electron chi connectivity index (χ0n) is 24.3. The first kappa shape index (κ1) is 30.5. The van der Waals surface area contributed by atoms with Crippen LogP contribution in [0, 0.1) is 5.92 Å². The Morgan fingerprint density at radius 1 is 1.09 bits per heavy atom. The number of hydrogen-bond acceptors (Lipinski definition) is 8. The van der Waals surface area contributed by atoms with E-state index < -0.39 is 12.4 Å². The molecular formula is C33H36N4O5S. The quantitative estimate of drug-likeness (QED) is 0.160. The number of hydrogen-bond donors (Lipinski definition) is 2. The topological polar surface area (TPSA) is 108 Å². The van der Waals surface area contributed by atoms with E-state index in [0.29, 0.717) is 12.3 Å². The number of ether oxygens (including phenoxy) is 3. The number of nitrogens with zero attached hydrogens (tertiary/aromatic N) is 3. The molecule has 4 atom stereocenters. The van der Waals surface area contributed by atoms with E-state index in [1.165, 1.54) is 6.08 Å². The van der Waals surface area contributed by atoms with Crippen molar-refractivity contribution in [2.24, 2.45) is 13.0 Å². The summed E-state index contributed by atoms with van der Waals surface area (Å²) in [6.45, 7) is 6.20. The number of alkyl carbamates (subject to hydrolysis) is 1. The predicted octanol–water partition coefficient (Wildman–Crippen LogP) is 5.97. The van der Waals surface area contributed by atoms with Crippen LogP contribution in [0.3, 0.4) is 0 Å². The Hall–Kier alpha value is -3.96. The lowest BCUT2D eigenvalue weighted by molar-refractivity contribution is -0.268. The normalized spacial score (nSPS) is 20.0. The Morgan fingerprint density at radius 2 is 1.84 bits per heavy atom. The van der Waals surface area contributed by atoms with Crippen LogP contribution in [0.15, 0.2) is 96.9 Å². The summed E-state index contributed by atoms with van der Waals surface area (Å²) in [5.74, 6) is 0.751. The van der Waals surface area contributed by atoms with Crippen LogP contribution in [0.1, 0.15) is 41.6 Å². The van der Waals surface area contributed by atoms with Gasteiger partial charge in [-0.05, 0) is 27.8 Å². The van der Waals surface area contributed by atoms with E-state index in [0.717, 1.165) is 38.5 Å². The average molecular weight is 601 g/mol. The van der Waals surface area contributed by atoms with E-state index >= 15 is 0 Å². The Bertz CT molecular complexity index is 1510. The number of thioether (sulfide) groups is 1. The van der Waals surface area contributed by atoms with Gasteiger partial charge in [-0.3, -0.25) is 0 Å². The molecule has 1 amide bonds. The first-order chi connectivity index (χ1) is 21.0. The van der Waals surface area contributed by atoms with Gasteiger partial charge in [0.1, 0.15) is 12.9 Å². The van der Waals surface area contributed by atoms with Gasteiger partial charge in [0.05, 0.1) is 18.8 Å². The highest BCUT2D eigenvalue weighted by Gasteiger charge is 2.38. The molecule has 0 radical (unpaired) electrons. The summed E-state index contributed by atoms with van der Waals surface area (Å²) in [5.41, 5.74) is 5.79. The summed E-state index contributed by atoms with van der Waals surface area (Å²) in [6, 6.07) is 24.0. The van der Waals surface area contributed by atoms with Gasteiger partial charge in [0.15, 0.2) is 11.4 Å². The van der Waals surface area contributed by atoms with Crippen LogP contribution < -0.4 is 5.32 Å². The van der Waals surface area contributed by atoms with Gasteiger partial charge in [0.25, 0.3) is 0 Å². The van der Waals surface area contributed by atoms with Gasteiger partial charge in [-0.15, -0.1) is 10.2 Å². The lowest BCUT2D eigenvalue weighted by atomic mass is 9.91. The molecule has 2 heterocycles. The predicted molar refractivity (Wildman–Crippen MR) is 165 cm³/mol. The van der Waals surface area contributed by atoms with Crippen LogP contribution >= 0.6 is 11.8 Å². The van der Waals surface area contributed by atoms with Crippen molar-refractivity contribution in [1.82, 2.24) is 20.1 Å². The maximum Gasteiger partial charge on any atom is 0.407 e. The van der Waals surface area contributed by atoms with Gasteiger partial charge in [-0.25, -0.2) is 4.79 Å². The Labute approximate surface area is 255 Å². The van der Waals surface area contributed by atoms with E-state index in [2.05, 4.69) is 29.0 Å². The summed E-state index contributed by atoms with van der Waals surface area (Å²) < 4.78 is 20.1. The fraction of sp³-hybridized carbons (Fsp3) is 0.303. The summed E-state index contributed by atoms with van der Waals surface area (Å²) in [4.78, 5) is 12.0. The summed E-state index contributed by atoms with van der Waals surface area (Å²) >= 11 is 1.61. The van der Waals surface area contributed by atoms with Crippen LogP contribution in [0.25, 0.3) is 11.1 Å². The molecule has 1 fully saturated rings. The molecule has 0 spiro atoms. The van der Waals surface area contributed by atoms with Gasteiger partial charge < -0.3 is 29.2 Å². The Balaban J connectivity index is 1.35. The molecule has 1 aromatic heterocycles. The van der Waals surface area contributed by atoms with Crippen molar-refractivity contribution in [3.05, 3.63) is 114 Å². The minimum Gasteiger partial charge on any atom is -0.445 e. The van der Waals surface area contributed by atoms with Crippen LogP contribution in [-0.2, 0) is 34.4 Å². The van der Waals surface area contributed by atoms with Crippen LogP contribution in [0.4, 0.5) is 4.79 Å². The summed E-state index contributed by atoms with van der Waals surface area (Å²) in [5, 5.41) is 21.3. The number of aromatic nitrogens is 3. The molecule has 0 unspecified atom stereocenters. The molecule has 3 aromatic carbocycles. The third-order valence-electron chi connectivity index (χ3n) is 7.44. The zero-order chi connectivity index (χ0) is 30.2. The molecule has 4 aromatic rings. The molecule has 10 heteroatoms. The van der Waals surface area contributed by atoms with Crippen molar-refractivity contribution in [2.45, 2.75) is 43.7 Å². The molecule has 0 aliphatic carbocycles. The maximum atomic E-state index is 12.0. The number of carbonyl (C=O) groups is 1. The number of carbonyl (C=O) groups excluding carboxylic acids is 1. The van der Waals surface area contributed by atoms with E-state index in [-0.39, 0.29) is 31.3 Å². The smallest absolute Gasteiger partial charge is 0.407 e. The van der Waals surface area contributed by atoms with Crippen molar-refractivity contribution in [1.29, 1.82) is 0 Å². The van der Waals surface area contributed by atoms with E-state index in [1.807, 2.05) is 84.4 Å². The molecule has 224 valence electrons. The van der Waals surface area contributed by atoms with Gasteiger partial charge in [-0.2, -0.15) is 0 Å². The van der Waals surface area contributed by atoms with Crippen molar-refractivity contribution in [2.75, 3.05) is 12.4 Å². The third-order valence-corrected chi connectivity index (χ3v) is 8.56. The lowest BCUT2D eigenvalue weighted by Crippen LogP contribution is -2.38. The minimum atomic E-state index is -0.575. The SMILES string of the molecule is C=CCOC(=O)NCc1ccccc1-c1ccc([C@@H]2O[C@H](CSc3nncn3C)[C@H](C)[C@H](c3ccc(CO)cc3)O2)cc1. The highest BCUT2D eigenvalue weighted by atomic mass is 32.2. The van der Waals surface area contributed by atoms with Gasteiger partial charge >= 0.3 is 6.09 Å². The van der Waals surface area contributed by atoms with Crippen molar-refractivity contribution < 1.29 is 24.1 Å². The Kier molecular flexibility index (Phi) is 10.3. The molecule has 5 rings (SSSR count). The monoisotopic (exact) mass is 600 g/mol. The number of amides is 1. The van der Waals surface area contributed by atoms with E-state index in [4.69, 9.17) is 14.2 Å². The Morgan fingerprint density at radius 3 is 2.53 bits per heavy atom. The number of aryl methyl sites for hydroxylation is 1. The van der Waals surface area contributed by atoms with Gasteiger partial charge in [0, 0.05) is 30.8 Å². The fourth-order valence-electron chi connectivity index (χ4n) is 5.00. The van der Waals surface area contributed by atoms with Crippen molar-refractivity contribution in [3.8, 4) is 11.1 Å². The second kappa shape index (κ2) is 14.5. The van der Waals surface area contributed by atoms with Crippen LogP contribution in [0.2, 0.25) is 0 Å². The highest BCUT2D eigenvalue weighted by molar-refractivity contribution is 7.99. The maximum absolute atomic E-state index is 12.0. The van der Waals surface area contributed by atoms with Gasteiger partial charge in [0.2, 0.25) is 0 Å². The first-order valence-corrected chi connectivity index (χ1v) is 15.1. The number of nitrogens with one attached hydrogen (secondary N) is 1. The highest BCUT2D eigenvalue weighted by Crippen LogP contribution is 2.43. The second-order valence-corrected chi connectivity index (χ2v) is 11.4. The van der Waals surface area contributed by atoms with E-state index in [9.17, 15) is 9.90 Å². The largest absolute Gasteiger partial charge is 0.445 e. The van der Waals surface area contributed by atoms with Crippen LogP contribution in [0.5, 0.6) is 0 Å². The van der Waals surface area contributed by atoms with Crippen molar-refractivity contribution >= 4 is 17.9 Å². The van der Waals surface area contributed by atoms with Crippen LogP contribution in [-0.4, -0.2) is 44.4 Å². The second-order valence-electron chi connectivity index (χ2n) is 10.4. The van der Waals surface area contributed by atoms with E-state index in [1.54, 1.807) is 18.1 Å². The number of rotatable bonds is 11. The summed E-state index contributed by atoms with van der Waals surface area (Å²) in [6.07, 6.45) is 1.84. The minimum absolute atomic E-state index is 0.00496. The molecule has 1 saturated heterocycles. The molecule has 0 bridgehead atoms. The number of benzene rings is 3. The number of aliphatic hydroxyl groups is 1. The third kappa shape index (κ3) is 7.52. The molecule has 43 heavy (non-hydrogen) atoms. The molecule has 0 saturated carbocycles. The zero-order valence-corrected chi connectivity index (χ0v) is 25.1. The summed E-state index contributed by atoms with van der Waals surface area (Å²) in [7, 11) is 1.93. The average Bonchev–Trinajstić information content (AvgIpc) is 3.46. The molecular weight excluding hydrogens is 564 g/mol. The number of aliphatic hydroxyl groups excluding tert-OH is 1. The molecule has 2 N–H and O–H groups in total. The lowest BCUT2D eigenvalue weighted by Gasteiger charge is -2.41. The molecule has 1 aliphatic rings. The molecule has 9 nitrogen and oxygen atoms in total.